The average Bonchev–Trinajstić information content (AvgIpc) is 2.65. The van der Waals surface area contributed by atoms with Gasteiger partial charge in [-0.05, 0) is 20.8 Å². The van der Waals surface area contributed by atoms with Crippen molar-refractivity contribution >= 4 is 23.9 Å². The van der Waals surface area contributed by atoms with E-state index in [1.807, 2.05) is 5.32 Å². The number of nitrogens with one attached hydrogen (secondary N) is 1. The predicted molar refractivity (Wildman–Crippen MR) is 73.3 cm³/mol. The maximum absolute atomic E-state index is 11.8. The van der Waals surface area contributed by atoms with Crippen LogP contribution < -0.4 is 5.32 Å². The largest absolute Gasteiger partial charge is 0.512 e. The van der Waals surface area contributed by atoms with E-state index in [0.29, 0.717) is 0 Å². The number of amides is 2. The van der Waals surface area contributed by atoms with Gasteiger partial charge < -0.3 is 14.2 Å². The van der Waals surface area contributed by atoms with Crippen LogP contribution in [-0.2, 0) is 28.6 Å². The summed E-state index contributed by atoms with van der Waals surface area (Å²) in [6.07, 6.45) is -3.78. The van der Waals surface area contributed by atoms with Crippen molar-refractivity contribution in [3.05, 3.63) is 0 Å². The van der Waals surface area contributed by atoms with Crippen molar-refractivity contribution in [2.45, 2.75) is 53.4 Å². The lowest BCUT2D eigenvalue weighted by Gasteiger charge is -2.25. The maximum atomic E-state index is 11.8. The van der Waals surface area contributed by atoms with Crippen LogP contribution in [0.1, 0.15) is 41.0 Å². The molecule has 1 rings (SSSR count). The zero-order valence-electron chi connectivity index (χ0n) is 13.3. The number of rotatable bonds is 4. The monoisotopic (exact) mass is 315 g/mol. The van der Waals surface area contributed by atoms with E-state index in [1.165, 1.54) is 0 Å². The first-order chi connectivity index (χ1) is 10.0. The zero-order valence-corrected chi connectivity index (χ0v) is 13.3. The average molecular weight is 315 g/mol. The SMILES string of the molecule is CC(C)C(OC(=O)OC1CC(=O)NC1=O)OC(=O)C(C)(C)C. The highest BCUT2D eigenvalue weighted by atomic mass is 16.8. The Morgan fingerprint density at radius 2 is 1.77 bits per heavy atom. The van der Waals surface area contributed by atoms with Crippen LogP contribution in [0, 0.1) is 11.3 Å². The van der Waals surface area contributed by atoms with Crippen LogP contribution in [0.25, 0.3) is 0 Å². The summed E-state index contributed by atoms with van der Waals surface area (Å²) >= 11 is 0. The fourth-order valence-electron chi connectivity index (χ4n) is 1.44. The quantitative estimate of drug-likeness (QED) is 0.470. The van der Waals surface area contributed by atoms with E-state index >= 15 is 0 Å². The molecular formula is C14H21NO7. The Balaban J connectivity index is 2.60. The summed E-state index contributed by atoms with van der Waals surface area (Å²) in [6, 6.07) is 0. The molecule has 124 valence electrons. The smallest absolute Gasteiger partial charge is 0.424 e. The molecule has 8 heteroatoms. The minimum atomic E-state index is -1.22. The zero-order chi connectivity index (χ0) is 17.1. The normalized spacial score (nSPS) is 19.6. The van der Waals surface area contributed by atoms with E-state index in [9.17, 15) is 19.2 Å². The van der Waals surface area contributed by atoms with Gasteiger partial charge in [-0.2, -0.15) is 0 Å². The molecule has 2 amide bonds. The summed E-state index contributed by atoms with van der Waals surface area (Å²) in [5.41, 5.74) is -0.752. The standard InChI is InChI=1S/C14H21NO7/c1-7(2)11(21-12(18)14(3,4)5)22-13(19)20-8-6-9(16)15-10(8)17/h7-8,11H,6H2,1-5H3,(H,15,16,17). The van der Waals surface area contributed by atoms with Crippen LogP contribution >= 0.6 is 0 Å². The number of hydrogen-bond acceptors (Lipinski definition) is 7. The molecule has 2 atom stereocenters. The third kappa shape index (κ3) is 5.01. The summed E-state index contributed by atoms with van der Waals surface area (Å²) < 4.78 is 14.8. The summed E-state index contributed by atoms with van der Waals surface area (Å²) in [7, 11) is 0. The number of esters is 1. The summed E-state index contributed by atoms with van der Waals surface area (Å²) in [5.74, 6) is -2.07. The molecule has 1 N–H and O–H groups in total. The van der Waals surface area contributed by atoms with Crippen LogP contribution in [0.2, 0.25) is 0 Å². The molecule has 2 unspecified atom stereocenters. The number of carbonyl (C=O) groups is 4. The Bertz CT molecular complexity index is 478. The predicted octanol–water partition coefficient (Wildman–Crippen LogP) is 1.13. The van der Waals surface area contributed by atoms with Gasteiger partial charge in [0.15, 0.2) is 6.10 Å². The second-order valence-electron chi connectivity index (χ2n) is 6.36. The Morgan fingerprint density at radius 3 is 2.18 bits per heavy atom. The fraction of sp³-hybridized carbons (Fsp3) is 0.714. The van der Waals surface area contributed by atoms with E-state index in [1.54, 1.807) is 34.6 Å². The van der Waals surface area contributed by atoms with E-state index in [2.05, 4.69) is 0 Å². The number of imide groups is 1. The highest BCUT2D eigenvalue weighted by Gasteiger charge is 2.36. The molecule has 0 saturated carbocycles. The third-order valence-electron chi connectivity index (χ3n) is 2.76. The molecule has 1 saturated heterocycles. The highest BCUT2D eigenvalue weighted by molar-refractivity contribution is 6.05. The molecule has 1 aliphatic rings. The molecule has 0 aromatic carbocycles. The molecule has 1 fully saturated rings. The molecular weight excluding hydrogens is 294 g/mol. The minimum absolute atomic E-state index is 0.248. The van der Waals surface area contributed by atoms with Crippen molar-refractivity contribution in [2.24, 2.45) is 11.3 Å². The van der Waals surface area contributed by atoms with E-state index < -0.39 is 41.7 Å². The Morgan fingerprint density at radius 1 is 1.18 bits per heavy atom. The molecule has 0 radical (unpaired) electrons. The molecule has 0 spiro atoms. The van der Waals surface area contributed by atoms with Crippen LogP contribution in [-0.4, -0.2) is 36.3 Å². The van der Waals surface area contributed by atoms with Crippen molar-refractivity contribution in [3.63, 3.8) is 0 Å². The molecule has 0 bridgehead atoms. The van der Waals surface area contributed by atoms with Crippen LogP contribution in [0.15, 0.2) is 0 Å². The second kappa shape index (κ2) is 6.76. The number of ether oxygens (including phenoxy) is 3. The van der Waals surface area contributed by atoms with Crippen LogP contribution in [0.3, 0.4) is 0 Å². The van der Waals surface area contributed by atoms with Gasteiger partial charge in [0.25, 0.3) is 12.2 Å². The van der Waals surface area contributed by atoms with Crippen molar-refractivity contribution in [1.82, 2.24) is 5.32 Å². The van der Waals surface area contributed by atoms with Crippen LogP contribution in [0.4, 0.5) is 4.79 Å². The topological polar surface area (TPSA) is 108 Å². The first kappa shape index (κ1) is 17.9. The summed E-state index contributed by atoms with van der Waals surface area (Å²) in [5, 5.41) is 2.00. The van der Waals surface area contributed by atoms with Gasteiger partial charge in [0.05, 0.1) is 11.8 Å². The Hall–Kier alpha value is -2.12. The van der Waals surface area contributed by atoms with Crippen molar-refractivity contribution in [3.8, 4) is 0 Å². The van der Waals surface area contributed by atoms with Crippen LogP contribution in [0.5, 0.6) is 0 Å². The highest BCUT2D eigenvalue weighted by Crippen LogP contribution is 2.20. The first-order valence-corrected chi connectivity index (χ1v) is 6.92. The molecule has 1 aliphatic heterocycles. The minimum Gasteiger partial charge on any atom is -0.424 e. The molecule has 0 aromatic heterocycles. The van der Waals surface area contributed by atoms with Gasteiger partial charge in [0.1, 0.15) is 0 Å². The third-order valence-corrected chi connectivity index (χ3v) is 2.76. The molecule has 1 heterocycles. The van der Waals surface area contributed by atoms with Gasteiger partial charge in [0, 0.05) is 5.92 Å². The molecule has 0 aliphatic carbocycles. The second-order valence-corrected chi connectivity index (χ2v) is 6.36. The lowest BCUT2D eigenvalue weighted by atomic mass is 9.97. The van der Waals surface area contributed by atoms with E-state index in [-0.39, 0.29) is 12.3 Å². The molecule has 8 nitrogen and oxygen atoms in total. The number of carbonyl (C=O) groups excluding carboxylic acids is 4. The first-order valence-electron chi connectivity index (χ1n) is 6.92. The molecule has 0 aromatic rings. The van der Waals surface area contributed by atoms with Crippen molar-refractivity contribution in [2.75, 3.05) is 0 Å². The van der Waals surface area contributed by atoms with Crippen molar-refractivity contribution < 1.29 is 33.4 Å². The Kier molecular flexibility index (Phi) is 5.51. The van der Waals surface area contributed by atoms with Gasteiger partial charge in [-0.1, -0.05) is 13.8 Å². The Labute approximate surface area is 128 Å². The van der Waals surface area contributed by atoms with Crippen molar-refractivity contribution in [1.29, 1.82) is 0 Å². The lowest BCUT2D eigenvalue weighted by Crippen LogP contribution is -2.36. The maximum Gasteiger partial charge on any atom is 0.512 e. The van der Waals surface area contributed by atoms with Gasteiger partial charge in [-0.25, -0.2) is 4.79 Å². The summed E-state index contributed by atoms with van der Waals surface area (Å²) in [6.45, 7) is 8.39. The van der Waals surface area contributed by atoms with Gasteiger partial charge in [-0.3, -0.25) is 19.7 Å². The molecule has 22 heavy (non-hydrogen) atoms. The van der Waals surface area contributed by atoms with Gasteiger partial charge in [-0.15, -0.1) is 0 Å². The number of hydrogen-bond donors (Lipinski definition) is 1. The van der Waals surface area contributed by atoms with Gasteiger partial charge in [0.2, 0.25) is 5.91 Å². The summed E-state index contributed by atoms with van der Waals surface area (Å²) in [4.78, 5) is 45.8. The van der Waals surface area contributed by atoms with E-state index in [0.717, 1.165) is 0 Å². The van der Waals surface area contributed by atoms with E-state index in [4.69, 9.17) is 14.2 Å². The lowest BCUT2D eigenvalue weighted by molar-refractivity contribution is -0.189. The fourth-order valence-corrected chi connectivity index (χ4v) is 1.44. The van der Waals surface area contributed by atoms with Gasteiger partial charge >= 0.3 is 12.1 Å².